The van der Waals surface area contributed by atoms with Gasteiger partial charge in [0.15, 0.2) is 11.5 Å². The number of ether oxygens (including phenoxy) is 2. The van der Waals surface area contributed by atoms with E-state index in [0.29, 0.717) is 19.6 Å². The number of fused-ring (bicyclic) bond motifs is 1. The third-order valence-electron chi connectivity index (χ3n) is 7.35. The first kappa shape index (κ1) is 24.9. The first-order chi connectivity index (χ1) is 17.5. The average molecular weight is 507 g/mol. The van der Waals surface area contributed by atoms with Crippen molar-refractivity contribution < 1.29 is 14.3 Å². The number of nitrogens with one attached hydrogen (secondary N) is 1. The Balaban J connectivity index is 1.22. The molecule has 3 aliphatic rings. The molecule has 5 nitrogen and oxygen atoms in total. The Morgan fingerprint density at radius 1 is 1.11 bits per heavy atom. The summed E-state index contributed by atoms with van der Waals surface area (Å²) in [5.74, 6) is 2.15. The van der Waals surface area contributed by atoms with Crippen molar-refractivity contribution in [2.24, 2.45) is 11.8 Å². The van der Waals surface area contributed by atoms with E-state index in [4.69, 9.17) is 21.1 Å². The normalized spacial score (nSPS) is 22.2. The molecule has 1 fully saturated rings. The van der Waals surface area contributed by atoms with Gasteiger partial charge in [0.1, 0.15) is 13.2 Å². The lowest BCUT2D eigenvalue weighted by molar-refractivity contribution is -0.122. The van der Waals surface area contributed by atoms with Crippen molar-refractivity contribution in [1.29, 1.82) is 0 Å². The van der Waals surface area contributed by atoms with Gasteiger partial charge in [-0.1, -0.05) is 55.0 Å². The van der Waals surface area contributed by atoms with Crippen LogP contribution in [0.3, 0.4) is 0 Å². The number of amides is 1. The van der Waals surface area contributed by atoms with Crippen molar-refractivity contribution >= 4 is 23.1 Å². The van der Waals surface area contributed by atoms with Crippen molar-refractivity contribution in [1.82, 2.24) is 10.2 Å². The lowest BCUT2D eigenvalue weighted by atomic mass is 9.83. The summed E-state index contributed by atoms with van der Waals surface area (Å²) < 4.78 is 11.4. The summed E-state index contributed by atoms with van der Waals surface area (Å²) >= 11 is 6.18. The van der Waals surface area contributed by atoms with Gasteiger partial charge in [0.2, 0.25) is 5.91 Å². The quantitative estimate of drug-likeness (QED) is 0.511. The van der Waals surface area contributed by atoms with Crippen LogP contribution < -0.4 is 14.8 Å². The highest BCUT2D eigenvalue weighted by molar-refractivity contribution is 6.30. The number of likely N-dealkylation sites (tertiary alicyclic amines) is 1. The summed E-state index contributed by atoms with van der Waals surface area (Å²) in [6, 6.07) is 14.1. The average Bonchev–Trinajstić information content (AvgIpc) is 3.38. The minimum Gasteiger partial charge on any atom is -0.486 e. The Kier molecular flexibility index (Phi) is 7.98. The van der Waals surface area contributed by atoms with Gasteiger partial charge in [0.25, 0.3) is 0 Å². The van der Waals surface area contributed by atoms with E-state index in [9.17, 15) is 4.79 Å². The summed E-state index contributed by atoms with van der Waals surface area (Å²) in [5.41, 5.74) is 3.43. The van der Waals surface area contributed by atoms with Gasteiger partial charge in [-0.3, -0.25) is 4.79 Å². The summed E-state index contributed by atoms with van der Waals surface area (Å²) in [6.45, 7) is 6.42. The van der Waals surface area contributed by atoms with Gasteiger partial charge in [0, 0.05) is 24.0 Å². The van der Waals surface area contributed by atoms with E-state index >= 15 is 0 Å². The molecule has 0 aromatic heterocycles. The zero-order chi connectivity index (χ0) is 24.9. The molecule has 190 valence electrons. The van der Waals surface area contributed by atoms with E-state index in [0.717, 1.165) is 59.3 Å². The molecule has 2 aliphatic heterocycles. The number of hydrogen-bond acceptors (Lipinski definition) is 4. The molecule has 0 saturated carbocycles. The smallest absolute Gasteiger partial charge is 0.220 e. The molecule has 1 amide bonds. The maximum atomic E-state index is 13.2. The minimum atomic E-state index is 0.0543. The van der Waals surface area contributed by atoms with Gasteiger partial charge in [-0.25, -0.2) is 0 Å². The van der Waals surface area contributed by atoms with Crippen LogP contribution in [-0.4, -0.2) is 49.7 Å². The van der Waals surface area contributed by atoms with Crippen molar-refractivity contribution in [2.75, 3.05) is 32.8 Å². The molecule has 0 spiro atoms. The highest BCUT2D eigenvalue weighted by Crippen LogP contribution is 2.32. The fourth-order valence-corrected chi connectivity index (χ4v) is 5.61. The van der Waals surface area contributed by atoms with Crippen molar-refractivity contribution in [3.05, 3.63) is 76.8 Å². The molecule has 1 saturated heterocycles. The maximum Gasteiger partial charge on any atom is 0.220 e. The van der Waals surface area contributed by atoms with E-state index in [1.54, 1.807) is 0 Å². The van der Waals surface area contributed by atoms with Gasteiger partial charge in [-0.05, 0) is 85.2 Å². The molecule has 0 bridgehead atoms. The zero-order valence-corrected chi connectivity index (χ0v) is 21.7. The predicted octanol–water partition coefficient (Wildman–Crippen LogP) is 5.53. The Hall–Kier alpha value is -2.76. The molecule has 2 heterocycles. The van der Waals surface area contributed by atoms with Gasteiger partial charge in [-0.15, -0.1) is 0 Å². The van der Waals surface area contributed by atoms with E-state index < -0.39 is 0 Å². The standard InChI is InChI=1S/C30H35ClN2O3/c1-21-15-25(24-5-4-6-26(31)18-24)9-8-23(21)19-30(34)32-27(20-33-11-2-3-12-33)16-22-7-10-28-29(17-22)36-14-13-35-28/h4-10,15,17-18,21,23,27H,2-3,11-14,16,19-20H2,1H3,(H,32,34)/t21?,23?,27-/m1/s1. The van der Waals surface area contributed by atoms with E-state index in [2.05, 4.69) is 53.6 Å². The van der Waals surface area contributed by atoms with Gasteiger partial charge >= 0.3 is 0 Å². The summed E-state index contributed by atoms with van der Waals surface area (Å²) in [6.07, 6.45) is 10.3. The van der Waals surface area contributed by atoms with Crippen LogP contribution in [-0.2, 0) is 11.2 Å². The highest BCUT2D eigenvalue weighted by atomic mass is 35.5. The van der Waals surface area contributed by atoms with Crippen LogP contribution in [0.1, 0.15) is 37.3 Å². The molecule has 2 aromatic rings. The molecule has 6 heteroatoms. The predicted molar refractivity (Wildman–Crippen MR) is 145 cm³/mol. The fraction of sp³-hybridized carbons (Fsp3) is 0.433. The van der Waals surface area contributed by atoms with E-state index in [-0.39, 0.29) is 23.8 Å². The van der Waals surface area contributed by atoms with Gasteiger partial charge < -0.3 is 19.7 Å². The molecule has 36 heavy (non-hydrogen) atoms. The number of nitrogens with zero attached hydrogens (tertiary/aromatic N) is 1. The monoisotopic (exact) mass is 506 g/mol. The summed E-state index contributed by atoms with van der Waals surface area (Å²) in [5, 5.41) is 4.10. The van der Waals surface area contributed by atoms with Crippen molar-refractivity contribution in [3.8, 4) is 11.5 Å². The van der Waals surface area contributed by atoms with E-state index in [1.165, 1.54) is 12.8 Å². The second kappa shape index (κ2) is 11.5. The number of carbonyl (C=O) groups is 1. The number of rotatable bonds is 8. The minimum absolute atomic E-state index is 0.0543. The number of carbonyl (C=O) groups excluding carboxylic acids is 1. The van der Waals surface area contributed by atoms with E-state index in [1.807, 2.05) is 24.3 Å². The highest BCUT2D eigenvalue weighted by Gasteiger charge is 2.24. The zero-order valence-electron chi connectivity index (χ0n) is 20.9. The SMILES string of the molecule is CC1C=C(c2cccc(Cl)c2)C=CC1CC(=O)N[C@H](Cc1ccc2c(c1)OCCO2)CN1CCCC1. The fourth-order valence-electron chi connectivity index (χ4n) is 5.42. The second-order valence-electron chi connectivity index (χ2n) is 10.2. The summed E-state index contributed by atoms with van der Waals surface area (Å²) in [4.78, 5) is 15.7. The largest absolute Gasteiger partial charge is 0.486 e. The van der Waals surface area contributed by atoms with Crippen LogP contribution in [0.15, 0.2) is 60.7 Å². The number of halogens is 1. The Morgan fingerprint density at radius 3 is 2.69 bits per heavy atom. The molecule has 2 unspecified atom stereocenters. The van der Waals surface area contributed by atoms with Crippen LogP contribution in [0.2, 0.25) is 5.02 Å². The molecule has 2 aromatic carbocycles. The molecular formula is C30H35ClN2O3. The Labute approximate surface area is 219 Å². The first-order valence-corrected chi connectivity index (χ1v) is 13.5. The second-order valence-corrected chi connectivity index (χ2v) is 10.6. The molecular weight excluding hydrogens is 472 g/mol. The molecule has 5 rings (SSSR count). The molecule has 1 N–H and O–H groups in total. The Bertz CT molecular complexity index is 1140. The van der Waals surface area contributed by atoms with Crippen LogP contribution in [0, 0.1) is 11.8 Å². The number of allylic oxidation sites excluding steroid dienone is 4. The lowest BCUT2D eigenvalue weighted by Gasteiger charge is -2.27. The number of hydrogen-bond donors (Lipinski definition) is 1. The van der Waals surface area contributed by atoms with Crippen LogP contribution in [0.5, 0.6) is 11.5 Å². The van der Waals surface area contributed by atoms with Crippen LogP contribution >= 0.6 is 11.6 Å². The molecule has 3 atom stereocenters. The third-order valence-corrected chi connectivity index (χ3v) is 7.59. The van der Waals surface area contributed by atoms with Crippen molar-refractivity contribution in [3.63, 3.8) is 0 Å². The van der Waals surface area contributed by atoms with Gasteiger partial charge in [-0.2, -0.15) is 0 Å². The third kappa shape index (κ3) is 6.32. The maximum absolute atomic E-state index is 13.2. The molecule has 1 aliphatic carbocycles. The molecule has 0 radical (unpaired) electrons. The lowest BCUT2D eigenvalue weighted by Crippen LogP contribution is -2.45. The van der Waals surface area contributed by atoms with Gasteiger partial charge in [0.05, 0.1) is 0 Å². The van der Waals surface area contributed by atoms with Crippen LogP contribution in [0.4, 0.5) is 0 Å². The van der Waals surface area contributed by atoms with Crippen molar-refractivity contribution in [2.45, 2.75) is 38.6 Å². The number of benzene rings is 2. The topological polar surface area (TPSA) is 50.8 Å². The first-order valence-electron chi connectivity index (χ1n) is 13.1. The Morgan fingerprint density at radius 2 is 1.92 bits per heavy atom. The summed E-state index contributed by atoms with van der Waals surface area (Å²) in [7, 11) is 0. The van der Waals surface area contributed by atoms with Crippen LogP contribution in [0.25, 0.3) is 5.57 Å².